The normalized spacial score (nSPS) is 40.7. The standard InChI is InChI=1S/C18H24O12/c1-6(19)27-3-7-2-9(20)12-8(16(24)25)4-28-18(11(7)12)29-5-10-13(21)14(22)15(23)17(26)30-10/h2,4,9-15,17-18,20-23,26H,3,5H2,1H3,(H,24,25). The molecule has 6 N–H and O–H groups in total. The first kappa shape index (κ1) is 22.6. The molecule has 0 aromatic carbocycles. The monoisotopic (exact) mass is 432 g/mol. The van der Waals surface area contributed by atoms with Crippen molar-refractivity contribution in [1.82, 2.24) is 0 Å². The van der Waals surface area contributed by atoms with Gasteiger partial charge in [-0.1, -0.05) is 6.08 Å². The van der Waals surface area contributed by atoms with Crippen LogP contribution in [0.5, 0.6) is 0 Å². The quantitative estimate of drug-likeness (QED) is 0.187. The minimum absolute atomic E-state index is 0.190. The third-order valence-corrected chi connectivity index (χ3v) is 5.35. The lowest BCUT2D eigenvalue weighted by Gasteiger charge is -2.40. The fraction of sp³-hybridized carbons (Fsp3) is 0.667. The molecule has 1 fully saturated rings. The van der Waals surface area contributed by atoms with Crippen LogP contribution in [0.4, 0.5) is 0 Å². The van der Waals surface area contributed by atoms with Crippen LogP contribution in [0.25, 0.3) is 0 Å². The van der Waals surface area contributed by atoms with Gasteiger partial charge < -0.3 is 49.6 Å². The number of carboxylic acids is 1. The molecule has 0 amide bonds. The van der Waals surface area contributed by atoms with Gasteiger partial charge in [-0.05, 0) is 5.57 Å². The number of aliphatic hydroxyl groups excluding tert-OH is 5. The number of ether oxygens (including phenoxy) is 4. The van der Waals surface area contributed by atoms with Gasteiger partial charge in [-0.15, -0.1) is 0 Å². The minimum Gasteiger partial charge on any atom is -0.478 e. The molecule has 0 saturated carbocycles. The highest BCUT2D eigenvalue weighted by atomic mass is 16.7. The zero-order chi connectivity index (χ0) is 22.2. The molecule has 2 heterocycles. The fourth-order valence-corrected chi connectivity index (χ4v) is 3.83. The van der Waals surface area contributed by atoms with Crippen molar-refractivity contribution in [3.8, 4) is 0 Å². The Morgan fingerprint density at radius 2 is 1.77 bits per heavy atom. The van der Waals surface area contributed by atoms with E-state index in [9.17, 15) is 40.2 Å². The summed E-state index contributed by atoms with van der Waals surface area (Å²) in [6.45, 7) is 0.586. The summed E-state index contributed by atoms with van der Waals surface area (Å²) in [6, 6.07) is 0. The number of carbonyl (C=O) groups excluding carboxylic acids is 1. The van der Waals surface area contributed by atoms with Gasteiger partial charge in [0.25, 0.3) is 0 Å². The summed E-state index contributed by atoms with van der Waals surface area (Å²) in [5.41, 5.74) is 0.199. The number of hydrogen-bond acceptors (Lipinski definition) is 11. The highest BCUT2D eigenvalue weighted by Crippen LogP contribution is 2.44. The molecule has 9 unspecified atom stereocenters. The van der Waals surface area contributed by atoms with Crippen molar-refractivity contribution in [2.45, 2.75) is 50.0 Å². The van der Waals surface area contributed by atoms with Gasteiger partial charge >= 0.3 is 11.9 Å². The Labute approximate surface area is 170 Å². The molecule has 0 radical (unpaired) electrons. The Bertz CT molecular complexity index is 733. The van der Waals surface area contributed by atoms with Crippen LogP contribution in [0.3, 0.4) is 0 Å². The maximum atomic E-state index is 11.5. The zero-order valence-corrected chi connectivity index (χ0v) is 15.9. The first-order valence-electron chi connectivity index (χ1n) is 9.22. The van der Waals surface area contributed by atoms with Gasteiger partial charge in [0.1, 0.15) is 31.0 Å². The van der Waals surface area contributed by atoms with E-state index < -0.39 is 73.5 Å². The number of carbonyl (C=O) groups is 2. The molecule has 1 aliphatic carbocycles. The second kappa shape index (κ2) is 8.98. The third kappa shape index (κ3) is 4.34. The van der Waals surface area contributed by atoms with Gasteiger partial charge in [0.05, 0.1) is 30.5 Å². The zero-order valence-electron chi connectivity index (χ0n) is 15.9. The molecule has 2 aliphatic heterocycles. The van der Waals surface area contributed by atoms with Crippen LogP contribution in [0.1, 0.15) is 6.92 Å². The molecule has 3 rings (SSSR count). The van der Waals surface area contributed by atoms with Crippen molar-refractivity contribution >= 4 is 11.9 Å². The van der Waals surface area contributed by atoms with Crippen molar-refractivity contribution in [1.29, 1.82) is 0 Å². The highest BCUT2D eigenvalue weighted by Gasteiger charge is 2.50. The second-order valence-electron chi connectivity index (χ2n) is 7.32. The van der Waals surface area contributed by atoms with E-state index in [2.05, 4.69) is 0 Å². The Balaban J connectivity index is 1.75. The maximum absolute atomic E-state index is 11.5. The van der Waals surface area contributed by atoms with E-state index in [1.807, 2.05) is 0 Å². The lowest BCUT2D eigenvalue weighted by atomic mass is 9.82. The number of hydrogen-bond donors (Lipinski definition) is 6. The molecule has 168 valence electrons. The molecule has 0 bridgehead atoms. The van der Waals surface area contributed by atoms with E-state index in [1.54, 1.807) is 0 Å². The minimum atomic E-state index is -1.75. The van der Waals surface area contributed by atoms with E-state index in [0.717, 1.165) is 6.26 Å². The van der Waals surface area contributed by atoms with Gasteiger partial charge in [-0.25, -0.2) is 4.79 Å². The molecule has 12 nitrogen and oxygen atoms in total. The average Bonchev–Trinajstić information content (AvgIpc) is 3.03. The van der Waals surface area contributed by atoms with E-state index in [-0.39, 0.29) is 12.2 Å². The van der Waals surface area contributed by atoms with Gasteiger partial charge in [0, 0.05) is 12.8 Å². The van der Waals surface area contributed by atoms with Crippen molar-refractivity contribution in [2.75, 3.05) is 13.2 Å². The topological polar surface area (TPSA) is 192 Å². The molecule has 9 atom stereocenters. The number of rotatable bonds is 6. The lowest BCUT2D eigenvalue weighted by molar-refractivity contribution is -0.297. The summed E-state index contributed by atoms with van der Waals surface area (Å²) in [5.74, 6) is -3.62. The predicted molar refractivity (Wildman–Crippen MR) is 93.1 cm³/mol. The summed E-state index contributed by atoms with van der Waals surface area (Å²) < 4.78 is 21.0. The van der Waals surface area contributed by atoms with Gasteiger partial charge in [0.2, 0.25) is 6.29 Å². The van der Waals surface area contributed by atoms with Crippen LogP contribution in [-0.4, -0.2) is 98.9 Å². The second-order valence-corrected chi connectivity index (χ2v) is 7.32. The van der Waals surface area contributed by atoms with Crippen LogP contribution in [-0.2, 0) is 28.5 Å². The molecule has 3 aliphatic rings. The van der Waals surface area contributed by atoms with Crippen molar-refractivity contribution < 1.29 is 59.2 Å². The fourth-order valence-electron chi connectivity index (χ4n) is 3.83. The SMILES string of the molecule is CC(=O)OCC1=CC(O)C2C(C(=O)O)=COC(OCC3OC(O)C(O)C(O)C3O)C12. The van der Waals surface area contributed by atoms with Crippen LogP contribution in [0.15, 0.2) is 23.5 Å². The van der Waals surface area contributed by atoms with Crippen LogP contribution >= 0.6 is 0 Å². The number of aliphatic hydroxyl groups is 5. The summed E-state index contributed by atoms with van der Waals surface area (Å²) >= 11 is 0. The molecule has 1 saturated heterocycles. The summed E-state index contributed by atoms with van der Waals surface area (Å²) in [7, 11) is 0. The molecule has 0 spiro atoms. The summed E-state index contributed by atoms with van der Waals surface area (Å²) in [5, 5.41) is 58.7. The highest BCUT2D eigenvalue weighted by molar-refractivity contribution is 5.87. The molecule has 0 aromatic heterocycles. The number of aliphatic carboxylic acids is 1. The Hall–Kier alpha value is -2.06. The van der Waals surface area contributed by atoms with Crippen molar-refractivity contribution in [3.05, 3.63) is 23.5 Å². The smallest absolute Gasteiger partial charge is 0.335 e. The number of carboxylic acid groups (broad SMARTS) is 1. The Kier molecular flexibility index (Phi) is 6.77. The Morgan fingerprint density at radius 1 is 1.07 bits per heavy atom. The van der Waals surface area contributed by atoms with Crippen molar-refractivity contribution in [3.63, 3.8) is 0 Å². The molecular formula is C18H24O12. The molecule has 0 aromatic rings. The van der Waals surface area contributed by atoms with Gasteiger partial charge in [0.15, 0.2) is 6.29 Å². The van der Waals surface area contributed by atoms with Crippen molar-refractivity contribution in [2.24, 2.45) is 11.8 Å². The lowest BCUT2D eigenvalue weighted by Crippen LogP contribution is -2.59. The van der Waals surface area contributed by atoms with Gasteiger partial charge in [-0.3, -0.25) is 4.79 Å². The average molecular weight is 432 g/mol. The van der Waals surface area contributed by atoms with E-state index in [1.165, 1.54) is 13.0 Å². The molecule has 12 heteroatoms. The van der Waals surface area contributed by atoms with Crippen LogP contribution < -0.4 is 0 Å². The third-order valence-electron chi connectivity index (χ3n) is 5.35. The summed E-state index contributed by atoms with van der Waals surface area (Å²) in [4.78, 5) is 22.7. The largest absolute Gasteiger partial charge is 0.478 e. The van der Waals surface area contributed by atoms with Gasteiger partial charge in [-0.2, -0.15) is 0 Å². The first-order chi connectivity index (χ1) is 14.1. The predicted octanol–water partition coefficient (Wildman–Crippen LogP) is -2.78. The Morgan fingerprint density at radius 3 is 2.40 bits per heavy atom. The number of esters is 1. The van der Waals surface area contributed by atoms with E-state index in [4.69, 9.17) is 18.9 Å². The van der Waals surface area contributed by atoms with E-state index in [0.29, 0.717) is 5.57 Å². The first-order valence-corrected chi connectivity index (χ1v) is 9.22. The summed E-state index contributed by atoms with van der Waals surface area (Å²) in [6.07, 6.45) is -7.92. The van der Waals surface area contributed by atoms with Crippen LogP contribution in [0.2, 0.25) is 0 Å². The molecular weight excluding hydrogens is 408 g/mol. The van der Waals surface area contributed by atoms with Crippen LogP contribution in [0, 0.1) is 11.8 Å². The van der Waals surface area contributed by atoms with E-state index >= 15 is 0 Å². The number of fused-ring (bicyclic) bond motifs is 1. The molecule has 30 heavy (non-hydrogen) atoms. The maximum Gasteiger partial charge on any atom is 0.335 e.